The van der Waals surface area contributed by atoms with Gasteiger partial charge in [-0.2, -0.15) is 0 Å². The minimum atomic E-state index is -0.938. The lowest BCUT2D eigenvalue weighted by Crippen LogP contribution is -2.52. The van der Waals surface area contributed by atoms with E-state index in [0.29, 0.717) is 6.54 Å². The SMILES string of the molecule is CCCCCCCCC/C=C/CCCCCC[N+](CCC(=O)O)(CCC(=O)O)CCC(=O)O. The van der Waals surface area contributed by atoms with Crippen LogP contribution in [0.4, 0.5) is 0 Å². The highest BCUT2D eigenvalue weighted by atomic mass is 16.4. The van der Waals surface area contributed by atoms with Crippen molar-refractivity contribution in [2.24, 2.45) is 0 Å². The largest absolute Gasteiger partial charge is 0.481 e. The number of aliphatic carboxylic acids is 3. The van der Waals surface area contributed by atoms with Crippen molar-refractivity contribution in [2.45, 2.75) is 110 Å². The van der Waals surface area contributed by atoms with Crippen molar-refractivity contribution in [1.29, 1.82) is 0 Å². The maximum Gasteiger partial charge on any atom is 0.309 e. The number of unbranched alkanes of at least 4 members (excludes halogenated alkanes) is 11. The van der Waals surface area contributed by atoms with Crippen molar-refractivity contribution < 1.29 is 34.2 Å². The Morgan fingerprint density at radius 3 is 1.30 bits per heavy atom. The van der Waals surface area contributed by atoms with Gasteiger partial charge in [-0.3, -0.25) is 14.4 Å². The quantitative estimate of drug-likeness (QED) is 0.0923. The predicted octanol–water partition coefficient (Wildman–Crippen LogP) is 5.87. The molecule has 0 unspecified atom stereocenters. The van der Waals surface area contributed by atoms with Gasteiger partial charge in [-0.15, -0.1) is 0 Å². The molecule has 0 saturated heterocycles. The zero-order valence-corrected chi connectivity index (χ0v) is 20.8. The van der Waals surface area contributed by atoms with Crippen LogP contribution in [0.2, 0.25) is 0 Å². The fourth-order valence-corrected chi connectivity index (χ4v) is 4.19. The molecule has 0 aromatic carbocycles. The van der Waals surface area contributed by atoms with Gasteiger partial charge in [-0.1, -0.05) is 64.0 Å². The van der Waals surface area contributed by atoms with E-state index in [1.807, 2.05) is 0 Å². The first-order valence-corrected chi connectivity index (χ1v) is 13.0. The van der Waals surface area contributed by atoms with Crippen molar-refractivity contribution in [2.75, 3.05) is 26.2 Å². The highest BCUT2D eigenvalue weighted by Crippen LogP contribution is 2.16. The molecule has 0 aliphatic heterocycles. The summed E-state index contributed by atoms with van der Waals surface area (Å²) in [5.41, 5.74) is 0. The fourth-order valence-electron chi connectivity index (χ4n) is 4.19. The minimum Gasteiger partial charge on any atom is -0.481 e. The molecular weight excluding hydrogens is 422 g/mol. The molecule has 0 aliphatic carbocycles. The molecule has 0 heterocycles. The summed E-state index contributed by atoms with van der Waals surface area (Å²) in [6.45, 7) is 3.69. The second-order valence-electron chi connectivity index (χ2n) is 9.25. The molecular formula is C26H48NO6+. The van der Waals surface area contributed by atoms with E-state index in [1.165, 1.54) is 44.9 Å². The van der Waals surface area contributed by atoms with Crippen LogP contribution >= 0.6 is 0 Å². The number of nitrogens with zero attached hydrogens (tertiary/aromatic N) is 1. The van der Waals surface area contributed by atoms with E-state index in [2.05, 4.69) is 19.1 Å². The molecule has 7 heteroatoms. The molecule has 0 aliphatic rings. The normalized spacial score (nSPS) is 11.8. The summed E-state index contributed by atoms with van der Waals surface area (Å²) in [7, 11) is 0. The average molecular weight is 471 g/mol. The molecule has 7 nitrogen and oxygen atoms in total. The van der Waals surface area contributed by atoms with Crippen LogP contribution in [0.25, 0.3) is 0 Å². The molecule has 0 aromatic rings. The average Bonchev–Trinajstić information content (AvgIpc) is 2.76. The maximum absolute atomic E-state index is 11.1. The molecule has 192 valence electrons. The highest BCUT2D eigenvalue weighted by Gasteiger charge is 2.29. The summed E-state index contributed by atoms with van der Waals surface area (Å²) >= 11 is 0. The summed E-state index contributed by atoms with van der Waals surface area (Å²) in [5, 5.41) is 27.3. The topological polar surface area (TPSA) is 112 Å². The third-order valence-corrected chi connectivity index (χ3v) is 6.29. The van der Waals surface area contributed by atoms with Crippen LogP contribution in [0.3, 0.4) is 0 Å². The Kier molecular flexibility index (Phi) is 19.5. The van der Waals surface area contributed by atoms with Crippen molar-refractivity contribution in [3.8, 4) is 0 Å². The molecule has 0 aromatic heterocycles. The number of rotatable bonds is 24. The summed E-state index contributed by atoms with van der Waals surface area (Å²) in [6.07, 6.45) is 19.9. The van der Waals surface area contributed by atoms with Crippen molar-refractivity contribution in [1.82, 2.24) is 0 Å². The summed E-state index contributed by atoms with van der Waals surface area (Å²) in [6, 6.07) is 0. The third kappa shape index (κ3) is 20.4. The molecule has 33 heavy (non-hydrogen) atoms. The van der Waals surface area contributed by atoms with Crippen molar-refractivity contribution in [3.63, 3.8) is 0 Å². The molecule has 0 fully saturated rings. The van der Waals surface area contributed by atoms with Gasteiger partial charge in [0.2, 0.25) is 0 Å². The molecule has 0 atom stereocenters. The minimum absolute atomic E-state index is 0.0806. The number of carboxylic acid groups (broad SMARTS) is 3. The molecule has 0 rings (SSSR count). The van der Waals surface area contributed by atoms with Gasteiger partial charge in [0, 0.05) is 0 Å². The van der Waals surface area contributed by atoms with E-state index in [1.54, 1.807) is 0 Å². The number of carboxylic acids is 3. The first-order valence-electron chi connectivity index (χ1n) is 13.0. The van der Waals surface area contributed by atoms with Crippen LogP contribution in [-0.4, -0.2) is 63.9 Å². The number of allylic oxidation sites excluding steroid dienone is 2. The standard InChI is InChI=1S/C26H47NO6/c1-2-3-4-5-6-7-8-9-10-11-12-13-14-15-16-20-27(21-17-24(28)29,22-18-25(30)31)23-19-26(32)33/h10-11H,2-9,12-23H2,1H3,(H2-,28,29,30,31,32,33)/p+1/b11-10+. The Hall–Kier alpha value is -1.89. The summed E-state index contributed by atoms with van der Waals surface area (Å²) in [4.78, 5) is 33.3. The first-order chi connectivity index (χ1) is 15.8. The van der Waals surface area contributed by atoms with Crippen molar-refractivity contribution in [3.05, 3.63) is 12.2 Å². The molecule has 0 amide bonds. The van der Waals surface area contributed by atoms with Gasteiger partial charge >= 0.3 is 17.9 Å². The van der Waals surface area contributed by atoms with Gasteiger partial charge in [-0.05, 0) is 38.5 Å². The van der Waals surface area contributed by atoms with E-state index < -0.39 is 17.9 Å². The van der Waals surface area contributed by atoms with Crippen molar-refractivity contribution >= 4 is 17.9 Å². The van der Waals surface area contributed by atoms with Gasteiger partial charge in [0.25, 0.3) is 0 Å². The van der Waals surface area contributed by atoms with Crippen LogP contribution < -0.4 is 0 Å². The molecule has 0 bridgehead atoms. The van der Waals surface area contributed by atoms with Crippen LogP contribution in [0.5, 0.6) is 0 Å². The number of quaternary nitrogens is 1. The molecule has 0 radical (unpaired) electrons. The lowest BCUT2D eigenvalue weighted by molar-refractivity contribution is -0.927. The van der Waals surface area contributed by atoms with Gasteiger partial charge < -0.3 is 19.8 Å². The van der Waals surface area contributed by atoms with Crippen LogP contribution in [0.15, 0.2) is 12.2 Å². The second-order valence-corrected chi connectivity index (χ2v) is 9.25. The Balaban J connectivity index is 4.20. The number of hydrogen-bond acceptors (Lipinski definition) is 3. The first kappa shape index (κ1) is 31.1. The van der Waals surface area contributed by atoms with Crippen LogP contribution in [0, 0.1) is 0 Å². The Labute approximate surface area is 200 Å². The fraction of sp³-hybridized carbons (Fsp3) is 0.808. The number of carbonyl (C=O) groups is 3. The summed E-state index contributed by atoms with van der Waals surface area (Å²) in [5.74, 6) is -2.82. The Morgan fingerprint density at radius 2 is 0.909 bits per heavy atom. The number of hydrogen-bond donors (Lipinski definition) is 3. The smallest absolute Gasteiger partial charge is 0.309 e. The van der Waals surface area contributed by atoms with E-state index in [-0.39, 0.29) is 43.4 Å². The lowest BCUT2D eigenvalue weighted by Gasteiger charge is -2.38. The monoisotopic (exact) mass is 470 g/mol. The van der Waals surface area contributed by atoms with Gasteiger partial charge in [0.15, 0.2) is 0 Å². The zero-order valence-electron chi connectivity index (χ0n) is 20.8. The van der Waals surface area contributed by atoms with E-state index in [4.69, 9.17) is 15.3 Å². The van der Waals surface area contributed by atoms with Crippen LogP contribution in [-0.2, 0) is 14.4 Å². The third-order valence-electron chi connectivity index (χ3n) is 6.29. The Morgan fingerprint density at radius 1 is 0.545 bits per heavy atom. The van der Waals surface area contributed by atoms with Gasteiger partial charge in [0.05, 0.1) is 45.4 Å². The van der Waals surface area contributed by atoms with Gasteiger partial charge in [0.1, 0.15) is 0 Å². The predicted molar refractivity (Wildman–Crippen MR) is 131 cm³/mol. The van der Waals surface area contributed by atoms with E-state index >= 15 is 0 Å². The second kappa shape index (κ2) is 20.7. The summed E-state index contributed by atoms with van der Waals surface area (Å²) < 4.78 is 0.253. The molecule has 0 spiro atoms. The molecule has 0 saturated carbocycles. The lowest BCUT2D eigenvalue weighted by atomic mass is 10.1. The highest BCUT2D eigenvalue weighted by molar-refractivity contribution is 5.67. The maximum atomic E-state index is 11.1. The van der Waals surface area contributed by atoms with E-state index in [0.717, 1.165) is 38.5 Å². The molecule has 3 N–H and O–H groups in total. The van der Waals surface area contributed by atoms with Gasteiger partial charge in [-0.25, -0.2) is 0 Å². The van der Waals surface area contributed by atoms with E-state index in [9.17, 15) is 14.4 Å². The van der Waals surface area contributed by atoms with Crippen LogP contribution in [0.1, 0.15) is 110 Å². The zero-order chi connectivity index (χ0) is 24.8. The Bertz CT molecular complexity index is 515.